The number of fused-ring (bicyclic) bond motifs is 1. The van der Waals surface area contributed by atoms with Gasteiger partial charge in [-0.2, -0.15) is 0 Å². The van der Waals surface area contributed by atoms with Crippen molar-refractivity contribution in [2.24, 2.45) is 4.99 Å². The molecule has 1 saturated heterocycles. The number of dihydropyridines is 1. The Hall–Kier alpha value is -2.60. The molecule has 3 aromatic rings. The van der Waals surface area contributed by atoms with Crippen molar-refractivity contribution in [2.45, 2.75) is 25.7 Å². The highest BCUT2D eigenvalue weighted by atomic mass is 32.1. The summed E-state index contributed by atoms with van der Waals surface area (Å²) in [6, 6.07) is 6.42. The van der Waals surface area contributed by atoms with Gasteiger partial charge in [-0.1, -0.05) is 6.08 Å². The highest BCUT2D eigenvalue weighted by molar-refractivity contribution is 7.21. The lowest BCUT2D eigenvalue weighted by Crippen LogP contribution is -2.29. The predicted molar refractivity (Wildman–Crippen MR) is 113 cm³/mol. The quantitative estimate of drug-likeness (QED) is 0.671. The molecule has 0 bridgehead atoms. The van der Waals surface area contributed by atoms with E-state index in [-0.39, 0.29) is 0 Å². The zero-order valence-electron chi connectivity index (χ0n) is 15.1. The molecule has 5 nitrogen and oxygen atoms in total. The van der Waals surface area contributed by atoms with Crippen molar-refractivity contribution in [2.75, 3.05) is 24.5 Å². The van der Waals surface area contributed by atoms with Gasteiger partial charge in [0.2, 0.25) is 0 Å². The summed E-state index contributed by atoms with van der Waals surface area (Å²) >= 11 is 1.67. The molecule has 27 heavy (non-hydrogen) atoms. The van der Waals surface area contributed by atoms with Gasteiger partial charge in [0.1, 0.15) is 10.8 Å². The molecule has 136 valence electrons. The summed E-state index contributed by atoms with van der Waals surface area (Å²) < 4.78 is 1.10. The average molecular weight is 376 g/mol. The molecule has 0 atom stereocenters. The third-order valence-corrected chi connectivity index (χ3v) is 6.15. The van der Waals surface area contributed by atoms with Crippen LogP contribution >= 0.6 is 11.3 Å². The number of thiazole rings is 1. The van der Waals surface area contributed by atoms with Crippen molar-refractivity contribution < 1.29 is 0 Å². The Morgan fingerprint density at radius 2 is 1.85 bits per heavy atom. The van der Waals surface area contributed by atoms with Gasteiger partial charge in [-0.15, -0.1) is 11.3 Å². The Morgan fingerprint density at radius 1 is 0.963 bits per heavy atom. The Bertz CT molecular complexity index is 1010. The van der Waals surface area contributed by atoms with Crippen LogP contribution in [-0.4, -0.2) is 40.8 Å². The van der Waals surface area contributed by atoms with Crippen LogP contribution in [0, 0.1) is 0 Å². The number of anilines is 1. The molecular formula is C21H21N5S. The van der Waals surface area contributed by atoms with Gasteiger partial charge in [0.05, 0.1) is 4.70 Å². The Balaban J connectivity index is 1.42. The lowest BCUT2D eigenvalue weighted by Gasteiger charge is -2.27. The van der Waals surface area contributed by atoms with Crippen LogP contribution in [0.2, 0.25) is 0 Å². The van der Waals surface area contributed by atoms with Crippen molar-refractivity contribution >= 4 is 39.3 Å². The molecule has 0 saturated carbocycles. The molecule has 0 spiro atoms. The lowest BCUT2D eigenvalue weighted by atomic mass is 10.1. The fourth-order valence-electron chi connectivity index (χ4n) is 3.63. The van der Waals surface area contributed by atoms with Crippen molar-refractivity contribution in [1.82, 2.24) is 15.0 Å². The van der Waals surface area contributed by atoms with Crippen LogP contribution in [0.1, 0.15) is 31.2 Å². The third-order valence-electron chi connectivity index (χ3n) is 5.11. The normalized spacial score (nSPS) is 17.3. The summed E-state index contributed by atoms with van der Waals surface area (Å²) in [5.41, 5.74) is 4.11. The second kappa shape index (κ2) is 7.19. The van der Waals surface area contributed by atoms with Crippen LogP contribution in [0.4, 0.5) is 5.82 Å². The van der Waals surface area contributed by atoms with Crippen LogP contribution in [0.3, 0.4) is 0 Å². The summed E-state index contributed by atoms with van der Waals surface area (Å²) in [7, 11) is 0. The van der Waals surface area contributed by atoms with E-state index in [1.165, 1.54) is 19.3 Å². The monoisotopic (exact) mass is 375 g/mol. The number of rotatable bonds is 3. The van der Waals surface area contributed by atoms with Crippen molar-refractivity contribution in [1.29, 1.82) is 0 Å². The maximum Gasteiger partial charge on any atom is 0.170 e. The first-order valence-corrected chi connectivity index (χ1v) is 10.4. The minimum absolute atomic E-state index is 0.798. The fraction of sp³-hybridized carbons (Fsp3) is 0.333. The molecule has 3 aromatic heterocycles. The van der Waals surface area contributed by atoms with E-state index in [1.54, 1.807) is 11.3 Å². The molecule has 0 aliphatic carbocycles. The first-order valence-electron chi connectivity index (χ1n) is 9.55. The highest BCUT2D eigenvalue weighted by Crippen LogP contribution is 2.31. The summed E-state index contributed by atoms with van der Waals surface area (Å²) in [4.78, 5) is 20.7. The highest BCUT2D eigenvalue weighted by Gasteiger charge is 2.14. The van der Waals surface area contributed by atoms with Gasteiger partial charge in [-0.3, -0.25) is 4.99 Å². The second-order valence-electron chi connectivity index (χ2n) is 7.00. The van der Waals surface area contributed by atoms with Crippen LogP contribution in [-0.2, 0) is 0 Å². The first-order chi connectivity index (χ1) is 13.4. The van der Waals surface area contributed by atoms with E-state index in [0.29, 0.717) is 0 Å². The van der Waals surface area contributed by atoms with E-state index >= 15 is 0 Å². The second-order valence-corrected chi connectivity index (χ2v) is 8.03. The van der Waals surface area contributed by atoms with Gasteiger partial charge in [0, 0.05) is 49.4 Å². The van der Waals surface area contributed by atoms with Gasteiger partial charge in [0.25, 0.3) is 0 Å². The predicted octanol–water partition coefficient (Wildman–Crippen LogP) is 4.60. The minimum atomic E-state index is 0.798. The van der Waals surface area contributed by atoms with Crippen LogP contribution in [0.5, 0.6) is 0 Å². The Kier molecular flexibility index (Phi) is 4.41. The average Bonchev–Trinajstić information content (AvgIpc) is 3.18. The smallest absolute Gasteiger partial charge is 0.170 e. The summed E-state index contributed by atoms with van der Waals surface area (Å²) in [6.07, 6.45) is 12.8. The topological polar surface area (TPSA) is 54.3 Å². The molecule has 0 radical (unpaired) electrons. The molecule has 1 fully saturated rings. The molecule has 6 heteroatoms. The van der Waals surface area contributed by atoms with E-state index in [9.17, 15) is 0 Å². The zero-order valence-corrected chi connectivity index (χ0v) is 16.0. The van der Waals surface area contributed by atoms with E-state index in [4.69, 9.17) is 4.98 Å². The molecule has 0 unspecified atom stereocenters. The standard InChI is InChI=1S/C21H21N5S/c1-2-9-26(10-3-1)19-7-6-16(13-23-19)21-25-20-18(27-21)11-17(14-24-20)15-5-4-8-22-12-15/h5-7,11-14H,1-4,8-10H2. The van der Waals surface area contributed by atoms with Crippen LogP contribution < -0.4 is 4.90 Å². The van der Waals surface area contributed by atoms with E-state index < -0.39 is 0 Å². The number of hydrogen-bond acceptors (Lipinski definition) is 6. The molecule has 2 aliphatic heterocycles. The zero-order chi connectivity index (χ0) is 18.1. The van der Waals surface area contributed by atoms with E-state index in [2.05, 4.69) is 44.1 Å². The SMILES string of the molecule is C1=NCCC=C1c1cnc2nc(-c3ccc(N4CCCCC4)nc3)sc2c1. The van der Waals surface area contributed by atoms with E-state index in [1.807, 2.05) is 18.6 Å². The molecule has 5 heterocycles. The molecule has 2 aliphatic rings. The van der Waals surface area contributed by atoms with Crippen molar-refractivity contribution in [3.8, 4) is 10.6 Å². The van der Waals surface area contributed by atoms with Gasteiger partial charge >= 0.3 is 0 Å². The lowest BCUT2D eigenvalue weighted by molar-refractivity contribution is 0.573. The van der Waals surface area contributed by atoms with Crippen LogP contribution in [0.15, 0.2) is 41.7 Å². The number of piperidine rings is 1. The number of allylic oxidation sites excluding steroid dienone is 1. The fourth-order valence-corrected chi connectivity index (χ4v) is 4.58. The largest absolute Gasteiger partial charge is 0.357 e. The first kappa shape index (κ1) is 16.6. The maximum absolute atomic E-state index is 4.71. The van der Waals surface area contributed by atoms with Crippen molar-refractivity contribution in [3.05, 3.63) is 42.2 Å². The summed E-state index contributed by atoms with van der Waals surface area (Å²) in [5.74, 6) is 1.07. The summed E-state index contributed by atoms with van der Waals surface area (Å²) in [6.45, 7) is 3.10. The van der Waals surface area contributed by atoms with Crippen LogP contribution in [0.25, 0.3) is 26.5 Å². The Labute approximate surface area is 162 Å². The third kappa shape index (κ3) is 3.37. The van der Waals surface area contributed by atoms with Gasteiger partial charge < -0.3 is 4.90 Å². The number of aromatic nitrogens is 3. The Morgan fingerprint density at radius 3 is 2.63 bits per heavy atom. The molecule has 0 N–H and O–H groups in total. The molecule has 0 aromatic carbocycles. The molecule has 0 amide bonds. The molecule has 5 rings (SSSR count). The van der Waals surface area contributed by atoms with Gasteiger partial charge in [0.15, 0.2) is 5.65 Å². The number of aliphatic imine (C=N–C) groups is 1. The molecular weight excluding hydrogens is 354 g/mol. The number of nitrogens with zero attached hydrogens (tertiary/aromatic N) is 5. The van der Waals surface area contributed by atoms with Gasteiger partial charge in [-0.05, 0) is 49.5 Å². The van der Waals surface area contributed by atoms with Gasteiger partial charge in [-0.25, -0.2) is 15.0 Å². The number of hydrogen-bond donors (Lipinski definition) is 0. The number of pyridine rings is 2. The maximum atomic E-state index is 4.71. The van der Waals surface area contributed by atoms with E-state index in [0.717, 1.165) is 63.9 Å². The van der Waals surface area contributed by atoms with Crippen molar-refractivity contribution in [3.63, 3.8) is 0 Å². The summed E-state index contributed by atoms with van der Waals surface area (Å²) in [5, 5.41) is 0.971. The minimum Gasteiger partial charge on any atom is -0.357 e.